The van der Waals surface area contributed by atoms with Crippen molar-refractivity contribution in [2.45, 2.75) is 51.0 Å². The lowest BCUT2D eigenvalue weighted by atomic mass is 9.96. The SMILES string of the molecule is CCNC(=NCc1cccc(OCCOC)c1)NC1CC2CCC1O2.I. The largest absolute Gasteiger partial charge is 0.491 e. The van der Waals surface area contributed by atoms with E-state index in [1.54, 1.807) is 7.11 Å². The number of nitrogens with zero attached hydrogens (tertiary/aromatic N) is 1. The first kappa shape index (κ1) is 21.2. The highest BCUT2D eigenvalue weighted by molar-refractivity contribution is 14.0. The Hall–Kier alpha value is -1.06. The molecule has 2 N–H and O–H groups in total. The topological polar surface area (TPSA) is 64.1 Å². The van der Waals surface area contributed by atoms with Crippen LogP contribution in [0, 0.1) is 0 Å². The highest BCUT2D eigenvalue weighted by Gasteiger charge is 2.41. The minimum atomic E-state index is 0. The third kappa shape index (κ3) is 5.99. The first-order valence-electron chi connectivity index (χ1n) is 9.19. The number of benzene rings is 1. The summed E-state index contributed by atoms with van der Waals surface area (Å²) in [7, 11) is 1.67. The van der Waals surface area contributed by atoms with E-state index in [-0.39, 0.29) is 24.0 Å². The van der Waals surface area contributed by atoms with Gasteiger partial charge in [0, 0.05) is 13.7 Å². The Kier molecular flexibility index (Phi) is 8.94. The van der Waals surface area contributed by atoms with Gasteiger partial charge in [-0.3, -0.25) is 0 Å². The van der Waals surface area contributed by atoms with E-state index >= 15 is 0 Å². The van der Waals surface area contributed by atoms with Crippen molar-refractivity contribution in [3.63, 3.8) is 0 Å². The monoisotopic (exact) mass is 475 g/mol. The van der Waals surface area contributed by atoms with Gasteiger partial charge >= 0.3 is 0 Å². The molecule has 7 heteroatoms. The molecule has 0 saturated carbocycles. The number of methoxy groups -OCH3 is 1. The smallest absolute Gasteiger partial charge is 0.191 e. The molecule has 2 aliphatic heterocycles. The Balaban J connectivity index is 0.00000243. The van der Waals surface area contributed by atoms with E-state index in [0.29, 0.717) is 38.0 Å². The Morgan fingerprint density at radius 2 is 2.19 bits per heavy atom. The maximum atomic E-state index is 5.92. The van der Waals surface area contributed by atoms with Gasteiger partial charge in [0.25, 0.3) is 0 Å². The van der Waals surface area contributed by atoms with Gasteiger partial charge in [0.15, 0.2) is 5.96 Å². The summed E-state index contributed by atoms with van der Waals surface area (Å²) in [5.41, 5.74) is 1.12. The first-order valence-corrected chi connectivity index (χ1v) is 9.19. The highest BCUT2D eigenvalue weighted by atomic mass is 127. The summed E-state index contributed by atoms with van der Waals surface area (Å²) >= 11 is 0. The highest BCUT2D eigenvalue weighted by Crippen LogP contribution is 2.34. The molecule has 0 radical (unpaired) electrons. The summed E-state index contributed by atoms with van der Waals surface area (Å²) < 4.78 is 16.6. The van der Waals surface area contributed by atoms with Crippen LogP contribution in [-0.4, -0.2) is 51.1 Å². The fourth-order valence-corrected chi connectivity index (χ4v) is 3.43. The number of nitrogens with one attached hydrogen (secondary N) is 2. The molecule has 3 rings (SSSR count). The fraction of sp³-hybridized carbons (Fsp3) is 0.632. The van der Waals surface area contributed by atoms with Crippen molar-refractivity contribution in [2.75, 3.05) is 26.9 Å². The summed E-state index contributed by atoms with van der Waals surface area (Å²) in [6, 6.07) is 8.43. The van der Waals surface area contributed by atoms with E-state index in [0.717, 1.165) is 36.7 Å². The molecule has 0 aliphatic carbocycles. The first-order chi connectivity index (χ1) is 12.3. The molecule has 2 heterocycles. The van der Waals surface area contributed by atoms with E-state index in [1.807, 2.05) is 18.2 Å². The van der Waals surface area contributed by atoms with Gasteiger partial charge in [-0.25, -0.2) is 4.99 Å². The second-order valence-electron chi connectivity index (χ2n) is 6.54. The third-order valence-corrected chi connectivity index (χ3v) is 4.65. The molecule has 0 amide bonds. The minimum absolute atomic E-state index is 0. The maximum absolute atomic E-state index is 5.92. The predicted molar refractivity (Wildman–Crippen MR) is 113 cm³/mol. The van der Waals surface area contributed by atoms with Gasteiger partial charge in [0.1, 0.15) is 12.4 Å². The summed E-state index contributed by atoms with van der Waals surface area (Å²) in [5.74, 6) is 1.71. The maximum Gasteiger partial charge on any atom is 0.191 e. The standard InChI is InChI=1S/C19H29N3O3.HI/c1-3-20-19(22-17-12-16-7-8-18(17)25-16)21-13-14-5-4-6-15(11-14)24-10-9-23-2;/h4-6,11,16-18H,3,7-10,12-13H2,1-2H3,(H2,20,21,22);1H. The van der Waals surface area contributed by atoms with Crippen LogP contribution in [-0.2, 0) is 16.0 Å². The number of fused-ring (bicyclic) bond motifs is 2. The molecule has 2 aliphatic rings. The summed E-state index contributed by atoms with van der Waals surface area (Å²) in [4.78, 5) is 4.73. The molecular formula is C19H30IN3O3. The summed E-state index contributed by atoms with van der Waals surface area (Å²) in [5, 5.41) is 6.87. The molecule has 6 nitrogen and oxygen atoms in total. The van der Waals surface area contributed by atoms with Crippen LogP contribution in [0.25, 0.3) is 0 Å². The number of halogens is 1. The lowest BCUT2D eigenvalue weighted by Gasteiger charge is -2.22. The van der Waals surface area contributed by atoms with Crippen molar-refractivity contribution < 1.29 is 14.2 Å². The van der Waals surface area contributed by atoms with Crippen LogP contribution >= 0.6 is 24.0 Å². The van der Waals surface area contributed by atoms with Gasteiger partial charge in [-0.15, -0.1) is 24.0 Å². The van der Waals surface area contributed by atoms with Crippen LogP contribution in [0.3, 0.4) is 0 Å². The van der Waals surface area contributed by atoms with Crippen molar-refractivity contribution in [2.24, 2.45) is 4.99 Å². The lowest BCUT2D eigenvalue weighted by molar-refractivity contribution is 0.0992. The summed E-state index contributed by atoms with van der Waals surface area (Å²) in [6.45, 7) is 4.67. The molecule has 0 spiro atoms. The van der Waals surface area contributed by atoms with Crippen molar-refractivity contribution in [3.8, 4) is 5.75 Å². The average Bonchev–Trinajstić information content (AvgIpc) is 3.23. The van der Waals surface area contributed by atoms with Crippen LogP contribution in [0.4, 0.5) is 0 Å². The number of rotatable bonds is 8. The van der Waals surface area contributed by atoms with Gasteiger partial charge in [-0.1, -0.05) is 12.1 Å². The minimum Gasteiger partial charge on any atom is -0.491 e. The van der Waals surface area contributed by atoms with Crippen LogP contribution in [0.1, 0.15) is 31.7 Å². The van der Waals surface area contributed by atoms with E-state index in [1.165, 1.54) is 6.42 Å². The number of hydrogen-bond donors (Lipinski definition) is 2. The van der Waals surface area contributed by atoms with Crippen LogP contribution in [0.5, 0.6) is 5.75 Å². The summed E-state index contributed by atoms with van der Waals surface area (Å²) in [6.07, 6.45) is 4.21. The zero-order chi connectivity index (χ0) is 17.5. The fourth-order valence-electron chi connectivity index (χ4n) is 3.43. The van der Waals surface area contributed by atoms with Crippen LogP contribution in [0.15, 0.2) is 29.3 Å². The van der Waals surface area contributed by atoms with E-state index in [4.69, 9.17) is 19.2 Å². The van der Waals surface area contributed by atoms with Gasteiger partial charge in [-0.05, 0) is 43.9 Å². The zero-order valence-electron chi connectivity index (χ0n) is 15.6. The molecule has 3 unspecified atom stereocenters. The molecule has 146 valence electrons. The van der Waals surface area contributed by atoms with Crippen LogP contribution in [0.2, 0.25) is 0 Å². The number of ether oxygens (including phenoxy) is 3. The van der Waals surface area contributed by atoms with Gasteiger partial charge in [0.05, 0.1) is 31.4 Å². The number of hydrogen-bond acceptors (Lipinski definition) is 4. The number of aliphatic imine (C=N–C) groups is 1. The Bertz CT molecular complexity index is 585. The van der Waals surface area contributed by atoms with Crippen molar-refractivity contribution in [3.05, 3.63) is 29.8 Å². The van der Waals surface area contributed by atoms with E-state index < -0.39 is 0 Å². The Morgan fingerprint density at radius 1 is 1.31 bits per heavy atom. The van der Waals surface area contributed by atoms with Gasteiger partial charge in [0.2, 0.25) is 0 Å². The molecule has 0 aromatic heterocycles. The normalized spacial score (nSPS) is 24.2. The molecule has 3 atom stereocenters. The Labute approximate surface area is 173 Å². The third-order valence-electron chi connectivity index (χ3n) is 4.65. The predicted octanol–water partition coefficient (Wildman–Crippen LogP) is 2.70. The Morgan fingerprint density at radius 3 is 2.88 bits per heavy atom. The lowest BCUT2D eigenvalue weighted by Crippen LogP contribution is -2.47. The second-order valence-corrected chi connectivity index (χ2v) is 6.54. The van der Waals surface area contributed by atoms with Crippen molar-refractivity contribution in [1.29, 1.82) is 0 Å². The van der Waals surface area contributed by atoms with E-state index in [2.05, 4.69) is 23.6 Å². The molecule has 26 heavy (non-hydrogen) atoms. The quantitative estimate of drug-likeness (QED) is 0.262. The molecule has 1 aromatic carbocycles. The van der Waals surface area contributed by atoms with Gasteiger partial charge in [-0.2, -0.15) is 0 Å². The van der Waals surface area contributed by atoms with E-state index in [9.17, 15) is 0 Å². The molecule has 2 saturated heterocycles. The zero-order valence-corrected chi connectivity index (χ0v) is 17.9. The van der Waals surface area contributed by atoms with Crippen LogP contribution < -0.4 is 15.4 Å². The molecule has 2 fully saturated rings. The van der Waals surface area contributed by atoms with Crippen molar-refractivity contribution in [1.82, 2.24) is 10.6 Å². The van der Waals surface area contributed by atoms with Crippen molar-refractivity contribution >= 4 is 29.9 Å². The second kappa shape index (κ2) is 10.9. The number of guanidine groups is 1. The molecular weight excluding hydrogens is 445 g/mol. The molecule has 1 aromatic rings. The molecule has 2 bridgehead atoms. The average molecular weight is 475 g/mol. The van der Waals surface area contributed by atoms with Gasteiger partial charge < -0.3 is 24.8 Å².